The first-order chi connectivity index (χ1) is 16.4. The van der Waals surface area contributed by atoms with Gasteiger partial charge in [-0.15, -0.1) is 0 Å². The van der Waals surface area contributed by atoms with Gasteiger partial charge in [-0.1, -0.05) is 74.0 Å². The van der Waals surface area contributed by atoms with Crippen molar-refractivity contribution in [3.8, 4) is 0 Å². The largest absolute Gasteiger partial charge is 0.500 e. The monoisotopic (exact) mass is 594 g/mol. The molecule has 0 fully saturated rings. The Balaban J connectivity index is 3.78. The zero-order valence-electron chi connectivity index (χ0n) is 22.0. The lowest BCUT2D eigenvalue weighted by molar-refractivity contribution is 0.117. The molecule has 206 valence electrons. The quantitative estimate of drug-likeness (QED) is 0.0666. The molecule has 6 nitrogen and oxygen atoms in total. The van der Waals surface area contributed by atoms with Crippen LogP contribution >= 0.6 is 41.2 Å². The van der Waals surface area contributed by atoms with Crippen molar-refractivity contribution in [2.45, 2.75) is 77.3 Å². The minimum absolute atomic E-state index is 0.0191. The van der Waals surface area contributed by atoms with E-state index in [1.807, 2.05) is 41.2 Å². The molecule has 0 aliphatic carbocycles. The maximum atomic E-state index is 9.60. The summed E-state index contributed by atoms with van der Waals surface area (Å²) in [6.45, 7) is 4.41. The summed E-state index contributed by atoms with van der Waals surface area (Å²) in [5.41, 5.74) is 0. The predicted octanol–water partition coefficient (Wildman–Crippen LogP) is 5.98. The molecule has 12 heteroatoms. The number of hydrogen-bond donors (Lipinski definition) is 3. The molecule has 0 aromatic carbocycles. The molecule has 0 aromatic rings. The van der Waals surface area contributed by atoms with Crippen molar-refractivity contribution in [3.63, 3.8) is 0 Å². The van der Waals surface area contributed by atoms with Gasteiger partial charge in [0.1, 0.15) is 8.07 Å². The van der Waals surface area contributed by atoms with Gasteiger partial charge in [0, 0.05) is 57.6 Å². The summed E-state index contributed by atoms with van der Waals surface area (Å²) in [7, 11) is 7.98. The smallest absolute Gasteiger partial charge is 0.399 e. The Labute approximate surface area is 226 Å². The van der Waals surface area contributed by atoms with Gasteiger partial charge in [-0.25, -0.2) is 0 Å². The van der Waals surface area contributed by atoms with E-state index < -0.39 is 16.9 Å². The van der Waals surface area contributed by atoms with E-state index in [0.717, 1.165) is 37.1 Å². The van der Waals surface area contributed by atoms with Gasteiger partial charge in [0.25, 0.3) is 0 Å². The third-order valence-electron chi connectivity index (χ3n) is 6.66. The fraction of sp³-hybridized carbons (Fsp3) is 1.00. The second kappa shape index (κ2) is 22.6. The normalized spacial score (nSPS) is 14.5. The standard InChI is InChI=1S/C22H50O6S4Si2/c1-6-21(16-33(18-23,19-24)20-25)12-8-10-14-29-31-32-30-15-11-9-13-22(7-2)17-34(26-3,27-4)28-5/h21-25H,6-20H2,1-5H3. The van der Waals surface area contributed by atoms with Crippen LogP contribution in [0.1, 0.15) is 65.2 Å². The maximum Gasteiger partial charge on any atom is 0.500 e. The molecule has 0 amide bonds. The number of rotatable bonds is 25. The molecule has 0 saturated heterocycles. The Morgan fingerprint density at radius 3 is 1.41 bits per heavy atom. The highest BCUT2D eigenvalue weighted by Crippen LogP contribution is 2.43. The third kappa shape index (κ3) is 15.1. The van der Waals surface area contributed by atoms with E-state index in [-0.39, 0.29) is 18.7 Å². The van der Waals surface area contributed by atoms with Crippen molar-refractivity contribution in [2.75, 3.05) is 51.5 Å². The number of aliphatic hydroxyl groups is 3. The second-order valence-corrected chi connectivity index (χ2v) is 22.6. The predicted molar refractivity (Wildman–Crippen MR) is 159 cm³/mol. The van der Waals surface area contributed by atoms with E-state index in [1.54, 1.807) is 21.3 Å². The van der Waals surface area contributed by atoms with Crippen LogP contribution in [0.2, 0.25) is 12.1 Å². The van der Waals surface area contributed by atoms with Gasteiger partial charge in [0.05, 0.1) is 0 Å². The molecule has 0 aliphatic rings. The molecule has 0 saturated carbocycles. The Hall–Kier alpha value is 1.59. The molecule has 0 radical (unpaired) electrons. The summed E-state index contributed by atoms with van der Waals surface area (Å²) in [4.78, 5) is 0. The lowest BCUT2D eigenvalue weighted by atomic mass is 10.0. The first-order valence-corrected chi connectivity index (χ1v) is 22.4. The molecular formula is C22H50O6S4Si2. The van der Waals surface area contributed by atoms with E-state index in [4.69, 9.17) is 13.3 Å². The highest BCUT2D eigenvalue weighted by molar-refractivity contribution is 9.26. The van der Waals surface area contributed by atoms with Crippen LogP contribution < -0.4 is 0 Å². The number of aliphatic hydroxyl groups excluding tert-OH is 3. The summed E-state index contributed by atoms with van der Waals surface area (Å²) in [6.07, 6.45) is 9.29. The molecule has 0 aromatic heterocycles. The molecule has 0 aliphatic heterocycles. The molecule has 0 spiro atoms. The SMILES string of the molecule is CCC(CCCCSSSSCCCCC(CC)C[Si](OC)(OC)OC)C[Si](CO)(CO)CO. The van der Waals surface area contributed by atoms with Crippen LogP contribution in [0.5, 0.6) is 0 Å². The van der Waals surface area contributed by atoms with Crippen LogP contribution in [0.4, 0.5) is 0 Å². The molecule has 0 heterocycles. The van der Waals surface area contributed by atoms with Crippen LogP contribution in [0, 0.1) is 11.8 Å². The van der Waals surface area contributed by atoms with Crippen molar-refractivity contribution in [1.82, 2.24) is 0 Å². The molecule has 34 heavy (non-hydrogen) atoms. The van der Waals surface area contributed by atoms with Gasteiger partial charge in [-0.3, -0.25) is 0 Å². The van der Waals surface area contributed by atoms with Gasteiger partial charge >= 0.3 is 8.80 Å². The molecule has 3 N–H and O–H groups in total. The van der Waals surface area contributed by atoms with Crippen molar-refractivity contribution >= 4 is 58.1 Å². The Bertz CT molecular complexity index is 407. The van der Waals surface area contributed by atoms with E-state index in [0.29, 0.717) is 11.8 Å². The number of unbranched alkanes of at least 4 members (excludes halogenated alkanes) is 2. The van der Waals surface area contributed by atoms with Crippen molar-refractivity contribution in [1.29, 1.82) is 0 Å². The lowest BCUT2D eigenvalue weighted by Crippen LogP contribution is -2.49. The molecule has 2 unspecified atom stereocenters. The van der Waals surface area contributed by atoms with Gasteiger partial charge in [-0.05, 0) is 50.4 Å². The summed E-state index contributed by atoms with van der Waals surface area (Å²) in [5, 5.41) is 28.8. The molecule has 0 rings (SSSR count). The molecule has 0 bridgehead atoms. The molecular weight excluding hydrogens is 545 g/mol. The first kappa shape index (κ1) is 35.6. The summed E-state index contributed by atoms with van der Waals surface area (Å²) >= 11 is 0. The van der Waals surface area contributed by atoms with Crippen molar-refractivity contribution in [3.05, 3.63) is 0 Å². The average molecular weight is 595 g/mol. The Kier molecular flexibility index (Phi) is 23.6. The fourth-order valence-corrected chi connectivity index (χ4v) is 14.9. The number of hydrogen-bond acceptors (Lipinski definition) is 10. The first-order valence-electron chi connectivity index (χ1n) is 12.5. The zero-order valence-corrected chi connectivity index (χ0v) is 27.2. The van der Waals surface area contributed by atoms with Crippen molar-refractivity contribution < 1.29 is 28.6 Å². The Morgan fingerprint density at radius 1 is 0.647 bits per heavy atom. The lowest BCUT2D eigenvalue weighted by Gasteiger charge is -2.29. The van der Waals surface area contributed by atoms with Gasteiger partial charge < -0.3 is 28.6 Å². The minimum atomic E-state index is -2.47. The van der Waals surface area contributed by atoms with Gasteiger partial charge in [-0.2, -0.15) is 0 Å². The van der Waals surface area contributed by atoms with Crippen LogP contribution in [-0.2, 0) is 13.3 Å². The summed E-state index contributed by atoms with van der Waals surface area (Å²) in [5.74, 6) is 3.43. The van der Waals surface area contributed by atoms with Gasteiger partial charge in [0.2, 0.25) is 0 Å². The molecule has 2 atom stereocenters. The zero-order chi connectivity index (χ0) is 25.7. The topological polar surface area (TPSA) is 88.4 Å². The maximum absolute atomic E-state index is 9.60. The van der Waals surface area contributed by atoms with E-state index in [9.17, 15) is 15.3 Å². The highest BCUT2D eigenvalue weighted by atomic mass is 33.7. The minimum Gasteiger partial charge on any atom is -0.399 e. The van der Waals surface area contributed by atoms with Gasteiger partial charge in [0.15, 0.2) is 0 Å². The van der Waals surface area contributed by atoms with Crippen molar-refractivity contribution in [2.24, 2.45) is 11.8 Å². The van der Waals surface area contributed by atoms with E-state index in [2.05, 4.69) is 13.8 Å². The van der Waals surface area contributed by atoms with Crippen LogP contribution in [0.15, 0.2) is 0 Å². The summed E-state index contributed by atoms with van der Waals surface area (Å²) in [6, 6.07) is 1.72. The fourth-order valence-electron chi connectivity index (χ4n) is 4.01. The second-order valence-electron chi connectivity index (χ2n) is 9.00. The van der Waals surface area contributed by atoms with Crippen LogP contribution in [0.25, 0.3) is 0 Å². The highest BCUT2D eigenvalue weighted by Gasteiger charge is 2.39. The summed E-state index contributed by atoms with van der Waals surface area (Å²) < 4.78 is 16.7. The van der Waals surface area contributed by atoms with Crippen LogP contribution in [0.3, 0.4) is 0 Å². The van der Waals surface area contributed by atoms with E-state index in [1.165, 1.54) is 37.9 Å². The third-order valence-corrected chi connectivity index (χ3v) is 19.7. The Morgan fingerprint density at radius 2 is 1.06 bits per heavy atom. The van der Waals surface area contributed by atoms with E-state index >= 15 is 0 Å². The van der Waals surface area contributed by atoms with Crippen LogP contribution in [-0.4, -0.2) is 83.7 Å². The average Bonchev–Trinajstić information content (AvgIpc) is 2.89.